The van der Waals surface area contributed by atoms with Gasteiger partial charge in [-0.05, 0) is 0 Å². The molecule has 96 valence electrons. The van der Waals surface area contributed by atoms with Crippen LogP contribution in [0.3, 0.4) is 0 Å². The van der Waals surface area contributed by atoms with Crippen molar-refractivity contribution in [2.45, 2.75) is 13.3 Å². The quantitative estimate of drug-likeness (QED) is 0.607. The molecule has 0 radical (unpaired) electrons. The molecular formula is C11H12ClN3O3. The number of rotatable bonds is 2. The second kappa shape index (κ2) is 4.89. The Morgan fingerprint density at radius 2 is 2.33 bits per heavy atom. The van der Waals surface area contributed by atoms with Gasteiger partial charge >= 0.3 is 0 Å². The molecule has 18 heavy (non-hydrogen) atoms. The summed E-state index contributed by atoms with van der Waals surface area (Å²) in [5.41, 5.74) is -0.134. The van der Waals surface area contributed by atoms with Gasteiger partial charge < -0.3 is 4.90 Å². The van der Waals surface area contributed by atoms with Gasteiger partial charge in [-0.3, -0.25) is 14.9 Å². The first-order valence-corrected chi connectivity index (χ1v) is 5.94. The summed E-state index contributed by atoms with van der Waals surface area (Å²) in [5, 5.41) is 10.8. The minimum Gasteiger partial charge on any atom is -0.354 e. The number of piperidine rings is 1. The van der Waals surface area contributed by atoms with Crippen LogP contribution in [0.4, 0.5) is 11.5 Å². The third-order valence-corrected chi connectivity index (χ3v) is 3.27. The van der Waals surface area contributed by atoms with Crippen LogP contribution in [0, 0.1) is 16.0 Å². The van der Waals surface area contributed by atoms with E-state index in [0.29, 0.717) is 25.3 Å². The van der Waals surface area contributed by atoms with Gasteiger partial charge in [0, 0.05) is 31.5 Å². The Kier molecular flexibility index (Phi) is 3.47. The van der Waals surface area contributed by atoms with Crippen LogP contribution in [0.1, 0.15) is 13.3 Å². The first kappa shape index (κ1) is 12.8. The first-order chi connectivity index (χ1) is 8.49. The molecule has 1 saturated heterocycles. The van der Waals surface area contributed by atoms with Crippen molar-refractivity contribution in [1.29, 1.82) is 0 Å². The summed E-state index contributed by atoms with van der Waals surface area (Å²) in [6, 6.07) is 1.28. The van der Waals surface area contributed by atoms with Crippen molar-refractivity contribution in [3.63, 3.8) is 0 Å². The van der Waals surface area contributed by atoms with Crippen LogP contribution in [0.5, 0.6) is 0 Å². The minimum atomic E-state index is -0.537. The van der Waals surface area contributed by atoms with Gasteiger partial charge in [0.2, 0.25) is 0 Å². The lowest BCUT2D eigenvalue weighted by Gasteiger charge is -2.31. The van der Waals surface area contributed by atoms with Gasteiger partial charge in [-0.2, -0.15) is 0 Å². The highest BCUT2D eigenvalue weighted by molar-refractivity contribution is 6.33. The molecule has 0 spiro atoms. The molecule has 6 nitrogen and oxygen atoms in total. The van der Waals surface area contributed by atoms with E-state index in [0.717, 1.165) is 0 Å². The van der Waals surface area contributed by atoms with Crippen molar-refractivity contribution in [2.75, 3.05) is 18.0 Å². The summed E-state index contributed by atoms with van der Waals surface area (Å²) >= 11 is 6.00. The van der Waals surface area contributed by atoms with E-state index in [1.54, 1.807) is 0 Å². The number of hydrogen-bond acceptors (Lipinski definition) is 5. The number of hydrogen-bond donors (Lipinski definition) is 0. The number of carbonyl (C=O) groups is 1. The van der Waals surface area contributed by atoms with Crippen LogP contribution in [0.25, 0.3) is 0 Å². The normalized spacial score (nSPS) is 20.0. The predicted molar refractivity (Wildman–Crippen MR) is 66.9 cm³/mol. The number of pyridine rings is 1. The van der Waals surface area contributed by atoms with E-state index in [1.807, 2.05) is 11.8 Å². The fraction of sp³-hybridized carbons (Fsp3) is 0.455. The third kappa shape index (κ3) is 2.43. The number of nitrogens with zero attached hydrogens (tertiary/aromatic N) is 3. The van der Waals surface area contributed by atoms with Gasteiger partial charge in [-0.25, -0.2) is 4.98 Å². The topological polar surface area (TPSA) is 76.3 Å². The summed E-state index contributed by atoms with van der Waals surface area (Å²) in [6.45, 7) is 2.95. The van der Waals surface area contributed by atoms with E-state index in [1.165, 1.54) is 12.3 Å². The largest absolute Gasteiger partial charge is 0.354 e. The Balaban J connectivity index is 2.24. The standard InChI is InChI=1S/C11H12ClN3O3/c1-7-6-14(3-2-10(7)16)11-9(12)4-8(5-13-11)15(17)18/h4-5,7H,2-3,6H2,1H3. The van der Waals surface area contributed by atoms with Crippen LogP contribution in [-0.4, -0.2) is 28.8 Å². The molecule has 0 aliphatic carbocycles. The SMILES string of the molecule is CC1CN(c2ncc([N+](=O)[O-])cc2Cl)CCC1=O. The van der Waals surface area contributed by atoms with Crippen molar-refractivity contribution < 1.29 is 9.72 Å². The van der Waals surface area contributed by atoms with E-state index < -0.39 is 4.92 Å². The van der Waals surface area contributed by atoms with Gasteiger partial charge in [0.05, 0.1) is 9.95 Å². The molecule has 1 aromatic rings. The lowest BCUT2D eigenvalue weighted by atomic mass is 9.99. The lowest BCUT2D eigenvalue weighted by molar-refractivity contribution is -0.385. The summed E-state index contributed by atoms with van der Waals surface area (Å²) in [5.74, 6) is 0.665. The third-order valence-electron chi connectivity index (χ3n) is 2.99. The van der Waals surface area contributed by atoms with Gasteiger partial charge in [0.15, 0.2) is 0 Å². The van der Waals surface area contributed by atoms with E-state index in [2.05, 4.69) is 4.98 Å². The molecule has 1 aliphatic rings. The molecule has 0 aromatic carbocycles. The van der Waals surface area contributed by atoms with Gasteiger partial charge in [0.1, 0.15) is 17.8 Å². The maximum atomic E-state index is 11.4. The number of Topliss-reactive ketones (excluding diaryl/α,β-unsaturated/α-hetero) is 1. The van der Waals surface area contributed by atoms with Gasteiger partial charge in [-0.1, -0.05) is 18.5 Å². The van der Waals surface area contributed by atoms with E-state index in [4.69, 9.17) is 11.6 Å². The maximum Gasteiger partial charge on any atom is 0.289 e. The first-order valence-electron chi connectivity index (χ1n) is 5.56. The highest BCUT2D eigenvalue weighted by Gasteiger charge is 2.26. The zero-order valence-electron chi connectivity index (χ0n) is 9.80. The fourth-order valence-electron chi connectivity index (χ4n) is 1.96. The Bertz CT molecular complexity index is 506. The molecule has 1 aliphatic heterocycles. The zero-order valence-corrected chi connectivity index (χ0v) is 10.6. The molecule has 7 heteroatoms. The van der Waals surface area contributed by atoms with Crippen LogP contribution in [0.2, 0.25) is 5.02 Å². The Labute approximate surface area is 109 Å². The van der Waals surface area contributed by atoms with Gasteiger partial charge in [0.25, 0.3) is 5.69 Å². The highest BCUT2D eigenvalue weighted by Crippen LogP contribution is 2.29. The van der Waals surface area contributed by atoms with E-state index >= 15 is 0 Å². The second-order valence-electron chi connectivity index (χ2n) is 4.32. The van der Waals surface area contributed by atoms with Crippen LogP contribution < -0.4 is 4.90 Å². The van der Waals surface area contributed by atoms with Gasteiger partial charge in [-0.15, -0.1) is 0 Å². The average Bonchev–Trinajstić information content (AvgIpc) is 2.32. The molecule has 0 N–H and O–H groups in total. The number of ketones is 1. The Hall–Kier alpha value is -1.69. The van der Waals surface area contributed by atoms with E-state index in [-0.39, 0.29) is 22.4 Å². The molecule has 1 aromatic heterocycles. The van der Waals surface area contributed by atoms with Crippen LogP contribution in [0.15, 0.2) is 12.3 Å². The van der Waals surface area contributed by atoms with E-state index in [9.17, 15) is 14.9 Å². The summed E-state index contributed by atoms with van der Waals surface area (Å²) < 4.78 is 0. The molecule has 1 atom stereocenters. The molecule has 2 heterocycles. The van der Waals surface area contributed by atoms with Crippen LogP contribution in [-0.2, 0) is 4.79 Å². The second-order valence-corrected chi connectivity index (χ2v) is 4.73. The monoisotopic (exact) mass is 269 g/mol. The molecule has 1 unspecified atom stereocenters. The fourth-order valence-corrected chi connectivity index (χ4v) is 2.24. The Morgan fingerprint density at radius 3 is 2.89 bits per heavy atom. The number of anilines is 1. The number of aromatic nitrogens is 1. The van der Waals surface area contributed by atoms with Crippen molar-refractivity contribution in [1.82, 2.24) is 4.98 Å². The predicted octanol–water partition coefficient (Wildman–Crippen LogP) is 2.06. The summed E-state index contributed by atoms with van der Waals surface area (Å²) in [7, 11) is 0. The molecule has 0 bridgehead atoms. The van der Waals surface area contributed by atoms with Crippen molar-refractivity contribution in [3.8, 4) is 0 Å². The molecule has 2 rings (SSSR count). The van der Waals surface area contributed by atoms with Crippen LogP contribution >= 0.6 is 11.6 Å². The number of nitro groups is 1. The average molecular weight is 270 g/mol. The number of carbonyl (C=O) groups excluding carboxylic acids is 1. The highest BCUT2D eigenvalue weighted by atomic mass is 35.5. The zero-order chi connectivity index (χ0) is 13.3. The minimum absolute atomic E-state index is 0.0631. The van der Waals surface area contributed by atoms with Crippen molar-refractivity contribution >= 4 is 28.9 Å². The van der Waals surface area contributed by atoms with Crippen molar-refractivity contribution in [3.05, 3.63) is 27.4 Å². The molecular weight excluding hydrogens is 258 g/mol. The molecule has 1 fully saturated rings. The number of halogens is 1. The maximum absolute atomic E-state index is 11.4. The molecule has 0 saturated carbocycles. The summed E-state index contributed by atoms with van der Waals surface area (Å²) in [4.78, 5) is 27.4. The Morgan fingerprint density at radius 1 is 1.61 bits per heavy atom. The van der Waals surface area contributed by atoms with Crippen molar-refractivity contribution in [2.24, 2.45) is 5.92 Å². The summed E-state index contributed by atoms with van der Waals surface area (Å²) in [6.07, 6.45) is 1.64. The smallest absolute Gasteiger partial charge is 0.289 e. The lowest BCUT2D eigenvalue weighted by Crippen LogP contribution is -2.40. The molecule has 0 amide bonds.